The van der Waals surface area contributed by atoms with Gasteiger partial charge in [-0.3, -0.25) is 4.79 Å². The fourth-order valence-corrected chi connectivity index (χ4v) is 2.35. The van der Waals surface area contributed by atoms with Crippen LogP contribution in [-0.4, -0.2) is 16.3 Å². The molecule has 0 saturated heterocycles. The first-order chi connectivity index (χ1) is 9.48. The van der Waals surface area contributed by atoms with Crippen molar-refractivity contribution in [2.24, 2.45) is 5.41 Å². The van der Waals surface area contributed by atoms with E-state index in [4.69, 9.17) is 0 Å². The van der Waals surface area contributed by atoms with Crippen LogP contribution in [0.3, 0.4) is 0 Å². The molecule has 2 rings (SSSR count). The summed E-state index contributed by atoms with van der Waals surface area (Å²) < 4.78 is 40.2. The second kappa shape index (κ2) is 4.87. The molecule has 0 aromatic carbocycles. The Kier molecular flexibility index (Phi) is 3.72. The Labute approximate surface area is 121 Å². The molecule has 0 bridgehead atoms. The molecule has 3 nitrogen and oxygen atoms in total. The molecule has 1 N–H and O–H groups in total. The monoisotopic (exact) mass is 303 g/mol. The van der Waals surface area contributed by atoms with E-state index in [-0.39, 0.29) is 18.7 Å². The highest BCUT2D eigenvalue weighted by Crippen LogP contribution is 2.46. The maximum absolute atomic E-state index is 13.0. The first-order valence-corrected chi connectivity index (χ1v) is 6.92. The molecule has 1 aromatic rings. The van der Waals surface area contributed by atoms with E-state index in [1.807, 2.05) is 0 Å². The van der Waals surface area contributed by atoms with Gasteiger partial charge >= 0.3 is 6.18 Å². The van der Waals surface area contributed by atoms with Crippen LogP contribution in [0.2, 0.25) is 0 Å². The van der Waals surface area contributed by atoms with Crippen LogP contribution >= 0.6 is 0 Å². The van der Waals surface area contributed by atoms with Crippen molar-refractivity contribution >= 4 is 0 Å². The largest absolute Gasteiger partial charge is 0.417 e. The van der Waals surface area contributed by atoms with Gasteiger partial charge in [0.1, 0.15) is 0 Å². The quantitative estimate of drug-likeness (QED) is 0.933. The zero-order valence-corrected chi connectivity index (χ0v) is 12.4. The molecule has 0 spiro atoms. The van der Waals surface area contributed by atoms with Gasteiger partial charge in [0.25, 0.3) is 5.56 Å². The molecule has 21 heavy (non-hydrogen) atoms. The minimum Gasteiger partial charge on any atom is -0.396 e. The summed E-state index contributed by atoms with van der Waals surface area (Å²) in [4.78, 5) is 12.4. The number of aromatic nitrogens is 1. The van der Waals surface area contributed by atoms with Crippen molar-refractivity contribution in [3.8, 4) is 0 Å². The Morgan fingerprint density at radius 2 is 1.86 bits per heavy atom. The minimum atomic E-state index is -4.49. The van der Waals surface area contributed by atoms with E-state index in [0.29, 0.717) is 0 Å². The molecule has 118 valence electrons. The molecule has 1 saturated carbocycles. The first kappa shape index (κ1) is 16.1. The average Bonchev–Trinajstić information content (AvgIpc) is 3.09. The van der Waals surface area contributed by atoms with Crippen LogP contribution in [0, 0.1) is 5.41 Å². The van der Waals surface area contributed by atoms with Crippen molar-refractivity contribution in [3.05, 3.63) is 33.7 Å². The first-order valence-electron chi connectivity index (χ1n) is 6.92. The van der Waals surface area contributed by atoms with E-state index in [1.54, 1.807) is 20.8 Å². The maximum Gasteiger partial charge on any atom is 0.417 e. The average molecular weight is 303 g/mol. The number of rotatable bonds is 3. The highest BCUT2D eigenvalue weighted by atomic mass is 19.4. The topological polar surface area (TPSA) is 42.2 Å². The Bertz CT molecular complexity index is 592. The van der Waals surface area contributed by atoms with Crippen LogP contribution in [-0.2, 0) is 18.1 Å². The lowest BCUT2D eigenvalue weighted by atomic mass is 9.87. The third kappa shape index (κ3) is 3.31. The van der Waals surface area contributed by atoms with Gasteiger partial charge in [0, 0.05) is 23.7 Å². The number of aliphatic hydroxyl groups excluding tert-OH is 1. The number of nitrogens with zero attached hydrogens (tertiary/aromatic N) is 1. The molecular formula is C15H20F3NO2. The van der Waals surface area contributed by atoms with Crippen molar-refractivity contribution in [1.82, 2.24) is 4.57 Å². The highest BCUT2D eigenvalue weighted by molar-refractivity contribution is 5.27. The van der Waals surface area contributed by atoms with Crippen molar-refractivity contribution in [2.75, 3.05) is 6.61 Å². The third-order valence-electron chi connectivity index (χ3n) is 4.02. The molecule has 1 aliphatic rings. The number of halogens is 3. The fraction of sp³-hybridized carbons (Fsp3) is 0.667. The van der Waals surface area contributed by atoms with E-state index in [0.717, 1.165) is 29.7 Å². The van der Waals surface area contributed by atoms with Crippen LogP contribution in [0.25, 0.3) is 0 Å². The van der Waals surface area contributed by atoms with E-state index in [1.165, 1.54) is 0 Å². The summed E-state index contributed by atoms with van der Waals surface area (Å²) in [5.74, 6) is 0. The fourth-order valence-electron chi connectivity index (χ4n) is 2.35. The van der Waals surface area contributed by atoms with Gasteiger partial charge in [-0.2, -0.15) is 13.2 Å². The highest BCUT2D eigenvalue weighted by Gasteiger charge is 2.43. The Hall–Kier alpha value is -1.30. The summed E-state index contributed by atoms with van der Waals surface area (Å²) in [6.45, 7) is 5.17. The summed E-state index contributed by atoms with van der Waals surface area (Å²) in [5.41, 5.74) is -2.18. The van der Waals surface area contributed by atoms with E-state index in [9.17, 15) is 23.1 Å². The normalized spacial score (nSPS) is 17.9. The second-order valence-corrected chi connectivity index (χ2v) is 6.98. The van der Waals surface area contributed by atoms with Crippen LogP contribution in [0.4, 0.5) is 13.2 Å². The van der Waals surface area contributed by atoms with Gasteiger partial charge in [0.2, 0.25) is 0 Å². The molecule has 0 unspecified atom stereocenters. The summed E-state index contributed by atoms with van der Waals surface area (Å²) in [7, 11) is 0. The summed E-state index contributed by atoms with van der Waals surface area (Å²) in [6, 6.07) is 0.942. The van der Waals surface area contributed by atoms with E-state index >= 15 is 0 Å². The summed E-state index contributed by atoms with van der Waals surface area (Å²) >= 11 is 0. The van der Waals surface area contributed by atoms with Gasteiger partial charge in [-0.25, -0.2) is 0 Å². The Morgan fingerprint density at radius 1 is 1.29 bits per heavy atom. The molecule has 1 aliphatic carbocycles. The lowest BCUT2D eigenvalue weighted by molar-refractivity contribution is -0.138. The standard InChI is InChI=1S/C15H20F3NO2/c1-13(2,3)11-6-10(15(16,17)18)7-19(12(11)21)8-14(9-20)4-5-14/h6-7,20H,4-5,8-9H2,1-3H3. The predicted molar refractivity (Wildman–Crippen MR) is 73.2 cm³/mol. The number of alkyl halides is 3. The molecule has 0 amide bonds. The maximum atomic E-state index is 13.0. The SMILES string of the molecule is CC(C)(C)c1cc(C(F)(F)F)cn(CC2(CO)CC2)c1=O. The molecule has 0 atom stereocenters. The second-order valence-electron chi connectivity index (χ2n) is 6.98. The van der Waals surface area contributed by atoms with Gasteiger partial charge in [0.15, 0.2) is 0 Å². The number of hydrogen-bond acceptors (Lipinski definition) is 2. The van der Waals surface area contributed by atoms with Crippen LogP contribution < -0.4 is 5.56 Å². The van der Waals surface area contributed by atoms with Crippen molar-refractivity contribution in [1.29, 1.82) is 0 Å². The lowest BCUT2D eigenvalue weighted by Gasteiger charge is -2.23. The lowest BCUT2D eigenvalue weighted by Crippen LogP contribution is -2.34. The van der Waals surface area contributed by atoms with E-state index < -0.39 is 28.1 Å². The Balaban J connectivity index is 2.56. The van der Waals surface area contributed by atoms with Crippen LogP contribution in [0.15, 0.2) is 17.1 Å². The molecular weight excluding hydrogens is 283 g/mol. The Morgan fingerprint density at radius 3 is 2.24 bits per heavy atom. The smallest absolute Gasteiger partial charge is 0.396 e. The van der Waals surface area contributed by atoms with Crippen LogP contribution in [0.1, 0.15) is 44.7 Å². The van der Waals surface area contributed by atoms with Gasteiger partial charge in [-0.05, 0) is 24.3 Å². The van der Waals surface area contributed by atoms with Gasteiger partial charge < -0.3 is 9.67 Å². The molecule has 1 heterocycles. The predicted octanol–water partition coefficient (Wildman–Crippen LogP) is 2.94. The zero-order chi connectivity index (χ0) is 16.1. The summed E-state index contributed by atoms with van der Waals surface area (Å²) in [5, 5.41) is 9.33. The number of pyridine rings is 1. The molecule has 0 aliphatic heterocycles. The van der Waals surface area contributed by atoms with E-state index in [2.05, 4.69) is 0 Å². The summed E-state index contributed by atoms with van der Waals surface area (Å²) in [6.07, 6.45) is -2.16. The third-order valence-corrected chi connectivity index (χ3v) is 4.02. The minimum absolute atomic E-state index is 0.111. The molecule has 1 aromatic heterocycles. The van der Waals surface area contributed by atoms with Crippen LogP contribution in [0.5, 0.6) is 0 Å². The molecule has 1 fully saturated rings. The van der Waals surface area contributed by atoms with Gasteiger partial charge in [-0.1, -0.05) is 20.8 Å². The van der Waals surface area contributed by atoms with Crippen molar-refractivity contribution in [3.63, 3.8) is 0 Å². The number of aliphatic hydroxyl groups is 1. The van der Waals surface area contributed by atoms with Crippen molar-refractivity contribution < 1.29 is 18.3 Å². The van der Waals surface area contributed by atoms with Gasteiger partial charge in [-0.15, -0.1) is 0 Å². The molecule has 6 heteroatoms. The zero-order valence-electron chi connectivity index (χ0n) is 12.4. The van der Waals surface area contributed by atoms with Gasteiger partial charge in [0.05, 0.1) is 12.2 Å². The van der Waals surface area contributed by atoms with Crippen molar-refractivity contribution in [2.45, 2.75) is 51.7 Å². The molecule has 0 radical (unpaired) electrons. The number of hydrogen-bond donors (Lipinski definition) is 1.